The van der Waals surface area contributed by atoms with Gasteiger partial charge in [-0.25, -0.2) is 4.98 Å². The lowest BCUT2D eigenvalue weighted by Crippen LogP contribution is -2.48. The average molecular weight is 358 g/mol. The molecule has 0 N–H and O–H groups in total. The second-order valence-corrected chi connectivity index (χ2v) is 6.94. The summed E-state index contributed by atoms with van der Waals surface area (Å²) >= 11 is 1.65. The van der Waals surface area contributed by atoms with Crippen LogP contribution in [0.25, 0.3) is 10.2 Å². The lowest BCUT2D eigenvalue weighted by Gasteiger charge is -2.34. The molecule has 4 rings (SSSR count). The van der Waals surface area contributed by atoms with Crippen LogP contribution >= 0.6 is 11.3 Å². The Balaban J connectivity index is 1.45. The van der Waals surface area contributed by atoms with Gasteiger partial charge in [0.1, 0.15) is 11.5 Å². The molecule has 2 aromatic heterocycles. The van der Waals surface area contributed by atoms with Crippen LogP contribution in [0.15, 0.2) is 28.8 Å². The largest absolute Gasteiger partial charge is 0.497 e. The molecule has 130 valence electrons. The third-order valence-corrected chi connectivity index (χ3v) is 5.35. The molecule has 0 unspecified atom stereocenters. The summed E-state index contributed by atoms with van der Waals surface area (Å²) in [6.07, 6.45) is 0. The van der Waals surface area contributed by atoms with E-state index in [9.17, 15) is 4.79 Å². The van der Waals surface area contributed by atoms with Gasteiger partial charge in [0.2, 0.25) is 0 Å². The van der Waals surface area contributed by atoms with Crippen molar-refractivity contribution in [3.8, 4) is 5.75 Å². The van der Waals surface area contributed by atoms with Crippen LogP contribution in [-0.2, 0) is 0 Å². The molecular weight excluding hydrogens is 340 g/mol. The molecule has 1 aliphatic rings. The molecule has 0 spiro atoms. The van der Waals surface area contributed by atoms with Crippen LogP contribution in [0.2, 0.25) is 0 Å². The summed E-state index contributed by atoms with van der Waals surface area (Å²) < 4.78 is 11.4. The van der Waals surface area contributed by atoms with Crippen molar-refractivity contribution < 1.29 is 14.1 Å². The zero-order valence-corrected chi connectivity index (χ0v) is 14.9. The number of hydrogen-bond donors (Lipinski definition) is 0. The normalized spacial score (nSPS) is 15.0. The Labute approximate surface area is 148 Å². The number of carbonyl (C=O) groups is 1. The Kier molecular flexibility index (Phi) is 4.04. The van der Waals surface area contributed by atoms with Gasteiger partial charge < -0.3 is 19.1 Å². The molecule has 1 aromatic carbocycles. The number of carbonyl (C=O) groups excluding carboxylic acids is 1. The number of aryl methyl sites for hydroxylation is 1. The number of ether oxygens (including phenoxy) is 1. The first-order valence-electron chi connectivity index (χ1n) is 8.06. The lowest BCUT2D eigenvalue weighted by molar-refractivity contribution is 0.0736. The number of amides is 1. The molecule has 3 heterocycles. The molecular formula is C17H18N4O3S. The van der Waals surface area contributed by atoms with Crippen molar-refractivity contribution in [1.29, 1.82) is 0 Å². The third-order valence-electron chi connectivity index (χ3n) is 4.27. The van der Waals surface area contributed by atoms with Gasteiger partial charge in [-0.2, -0.15) is 0 Å². The highest BCUT2D eigenvalue weighted by Gasteiger charge is 2.25. The Hall–Kier alpha value is -2.61. The number of thiazole rings is 1. The first kappa shape index (κ1) is 15.9. The Morgan fingerprint density at radius 1 is 1.24 bits per heavy atom. The van der Waals surface area contributed by atoms with E-state index in [1.54, 1.807) is 31.4 Å². The van der Waals surface area contributed by atoms with Crippen molar-refractivity contribution in [1.82, 2.24) is 15.0 Å². The summed E-state index contributed by atoms with van der Waals surface area (Å²) in [7, 11) is 1.66. The monoisotopic (exact) mass is 358 g/mol. The van der Waals surface area contributed by atoms with E-state index >= 15 is 0 Å². The third kappa shape index (κ3) is 3.05. The number of anilines is 1. The second-order valence-electron chi connectivity index (χ2n) is 5.93. The highest BCUT2D eigenvalue weighted by molar-refractivity contribution is 7.22. The van der Waals surface area contributed by atoms with Crippen LogP contribution in [0.4, 0.5) is 5.13 Å². The van der Waals surface area contributed by atoms with Crippen LogP contribution in [0.1, 0.15) is 16.2 Å². The summed E-state index contributed by atoms with van der Waals surface area (Å²) in [5.74, 6) is 1.40. The first-order valence-corrected chi connectivity index (χ1v) is 8.88. The molecule has 7 nitrogen and oxygen atoms in total. The molecule has 1 saturated heterocycles. The van der Waals surface area contributed by atoms with Crippen molar-refractivity contribution in [3.05, 3.63) is 35.7 Å². The van der Waals surface area contributed by atoms with E-state index in [0.717, 1.165) is 34.2 Å². The number of aromatic nitrogens is 2. The fourth-order valence-corrected chi connectivity index (χ4v) is 3.93. The topological polar surface area (TPSA) is 71.7 Å². The van der Waals surface area contributed by atoms with E-state index in [1.807, 2.05) is 23.1 Å². The van der Waals surface area contributed by atoms with Crippen molar-refractivity contribution >= 4 is 32.6 Å². The number of hydrogen-bond acceptors (Lipinski definition) is 7. The number of nitrogens with zero attached hydrogens (tertiary/aromatic N) is 4. The molecule has 0 bridgehead atoms. The van der Waals surface area contributed by atoms with Gasteiger partial charge in [-0.15, -0.1) is 0 Å². The zero-order chi connectivity index (χ0) is 17.4. The lowest BCUT2D eigenvalue weighted by atomic mass is 10.3. The van der Waals surface area contributed by atoms with E-state index in [4.69, 9.17) is 14.2 Å². The molecule has 3 aromatic rings. The Bertz CT molecular complexity index is 912. The fraction of sp³-hybridized carbons (Fsp3) is 0.353. The van der Waals surface area contributed by atoms with Gasteiger partial charge in [0, 0.05) is 32.2 Å². The van der Waals surface area contributed by atoms with E-state index in [-0.39, 0.29) is 5.91 Å². The van der Waals surface area contributed by atoms with Crippen molar-refractivity contribution in [2.24, 2.45) is 0 Å². The molecule has 8 heteroatoms. The number of benzene rings is 1. The van der Waals surface area contributed by atoms with Crippen LogP contribution in [0.5, 0.6) is 5.75 Å². The second kappa shape index (κ2) is 6.36. The summed E-state index contributed by atoms with van der Waals surface area (Å²) in [5.41, 5.74) is 1.34. The van der Waals surface area contributed by atoms with Crippen molar-refractivity contribution in [2.45, 2.75) is 6.92 Å². The quantitative estimate of drug-likeness (QED) is 0.717. The predicted molar refractivity (Wildman–Crippen MR) is 95.5 cm³/mol. The summed E-state index contributed by atoms with van der Waals surface area (Å²) in [6, 6.07) is 7.57. The van der Waals surface area contributed by atoms with E-state index in [1.165, 1.54) is 0 Å². The van der Waals surface area contributed by atoms with Gasteiger partial charge in [0.15, 0.2) is 10.8 Å². The number of fused-ring (bicyclic) bond motifs is 1. The minimum Gasteiger partial charge on any atom is -0.497 e. The molecule has 0 aliphatic carbocycles. The first-order chi connectivity index (χ1) is 12.1. The van der Waals surface area contributed by atoms with Gasteiger partial charge >= 0.3 is 0 Å². The molecule has 25 heavy (non-hydrogen) atoms. The highest BCUT2D eigenvalue weighted by Crippen LogP contribution is 2.31. The number of rotatable bonds is 3. The van der Waals surface area contributed by atoms with E-state index in [0.29, 0.717) is 24.5 Å². The van der Waals surface area contributed by atoms with Crippen LogP contribution in [0.3, 0.4) is 0 Å². The standard InChI is InChI=1S/C17H18N4O3S/c1-11-9-14(19-24-11)16(22)20-5-7-21(8-6-20)17-18-13-4-3-12(23-2)10-15(13)25-17/h3-4,9-10H,5-8H2,1-2H3. The van der Waals surface area contributed by atoms with Gasteiger partial charge in [-0.1, -0.05) is 16.5 Å². The van der Waals surface area contributed by atoms with Gasteiger partial charge in [-0.05, 0) is 25.1 Å². The number of methoxy groups -OCH3 is 1. The van der Waals surface area contributed by atoms with E-state index < -0.39 is 0 Å². The maximum absolute atomic E-state index is 12.4. The SMILES string of the molecule is COc1ccc2nc(N3CCN(C(=O)c4cc(C)on4)CC3)sc2c1. The Morgan fingerprint density at radius 2 is 2.04 bits per heavy atom. The Morgan fingerprint density at radius 3 is 2.72 bits per heavy atom. The zero-order valence-electron chi connectivity index (χ0n) is 14.1. The van der Waals surface area contributed by atoms with Crippen LogP contribution < -0.4 is 9.64 Å². The minimum atomic E-state index is -0.0782. The van der Waals surface area contributed by atoms with Crippen molar-refractivity contribution in [2.75, 3.05) is 38.2 Å². The minimum absolute atomic E-state index is 0.0782. The van der Waals surface area contributed by atoms with Gasteiger partial charge in [-0.3, -0.25) is 4.79 Å². The molecule has 1 fully saturated rings. The fourth-order valence-electron chi connectivity index (χ4n) is 2.89. The highest BCUT2D eigenvalue weighted by atomic mass is 32.1. The smallest absolute Gasteiger partial charge is 0.276 e. The summed E-state index contributed by atoms with van der Waals surface area (Å²) in [4.78, 5) is 21.2. The van der Waals surface area contributed by atoms with Crippen LogP contribution in [-0.4, -0.2) is 54.2 Å². The van der Waals surface area contributed by atoms with Crippen molar-refractivity contribution in [3.63, 3.8) is 0 Å². The number of piperazine rings is 1. The maximum atomic E-state index is 12.4. The van der Waals surface area contributed by atoms with Gasteiger partial charge in [0.25, 0.3) is 5.91 Å². The van der Waals surface area contributed by atoms with Crippen LogP contribution in [0, 0.1) is 6.92 Å². The maximum Gasteiger partial charge on any atom is 0.276 e. The summed E-state index contributed by atoms with van der Waals surface area (Å²) in [6.45, 7) is 4.57. The van der Waals surface area contributed by atoms with Gasteiger partial charge in [0.05, 0.1) is 17.3 Å². The summed E-state index contributed by atoms with van der Waals surface area (Å²) in [5, 5.41) is 4.79. The molecule has 1 aliphatic heterocycles. The molecule has 0 atom stereocenters. The average Bonchev–Trinajstić information content (AvgIpc) is 3.26. The predicted octanol–water partition coefficient (Wildman–Crippen LogP) is 2.56. The van der Waals surface area contributed by atoms with E-state index in [2.05, 4.69) is 10.1 Å². The molecule has 1 amide bonds. The molecule has 0 radical (unpaired) electrons. The molecule has 0 saturated carbocycles.